The summed E-state index contributed by atoms with van der Waals surface area (Å²) in [4.78, 5) is 11.3. The van der Waals surface area contributed by atoms with Crippen LogP contribution in [-0.4, -0.2) is 35.3 Å². The van der Waals surface area contributed by atoms with Gasteiger partial charge in [0.05, 0.1) is 6.10 Å². The fourth-order valence-electron chi connectivity index (χ4n) is 2.12. The number of hydrogen-bond acceptors (Lipinski definition) is 5. The van der Waals surface area contributed by atoms with E-state index in [1.54, 1.807) is 6.07 Å². The molecule has 0 bridgehead atoms. The first kappa shape index (κ1) is 12.3. The Morgan fingerprint density at radius 2 is 2.26 bits per heavy atom. The van der Waals surface area contributed by atoms with E-state index in [-0.39, 0.29) is 24.0 Å². The highest BCUT2D eigenvalue weighted by atomic mass is 16.5. The number of aromatic hydroxyl groups is 1. The number of phenolic OH excluding ortho intramolecular Hbond substituents is 1. The Bertz CT molecular complexity index is 514. The van der Waals surface area contributed by atoms with Gasteiger partial charge in [0.25, 0.3) is 5.91 Å². The summed E-state index contributed by atoms with van der Waals surface area (Å²) in [5, 5.41) is 25.7. The molecule has 0 spiro atoms. The average molecular weight is 264 g/mol. The quantitative estimate of drug-likeness (QED) is 0.595. The maximum atomic E-state index is 11.3. The summed E-state index contributed by atoms with van der Waals surface area (Å²) in [6.45, 7) is 0.325. The number of aliphatic hydroxyl groups excluding tert-OH is 1. The number of carbonyl (C=O) groups excluding carboxylic acids is 1. The summed E-state index contributed by atoms with van der Waals surface area (Å²) < 4.78 is 5.33. The second-order valence-electron chi connectivity index (χ2n) is 4.91. The lowest BCUT2D eigenvalue weighted by Gasteiger charge is -2.23. The normalized spacial score (nSPS) is 19.3. The van der Waals surface area contributed by atoms with Crippen molar-refractivity contribution in [2.24, 2.45) is 0 Å². The van der Waals surface area contributed by atoms with Crippen LogP contribution in [0.15, 0.2) is 12.1 Å². The molecule has 2 aliphatic rings. The molecule has 3 rings (SSSR count). The molecule has 0 aromatic heterocycles. The third kappa shape index (κ3) is 2.50. The van der Waals surface area contributed by atoms with Crippen molar-refractivity contribution in [1.29, 1.82) is 0 Å². The molecule has 1 atom stereocenters. The summed E-state index contributed by atoms with van der Waals surface area (Å²) in [5.41, 5.74) is 0.806. The monoisotopic (exact) mass is 264 g/mol. The summed E-state index contributed by atoms with van der Waals surface area (Å²) >= 11 is 0. The minimum Gasteiger partial charge on any atom is -0.506 e. The van der Waals surface area contributed by atoms with E-state index in [0.717, 1.165) is 12.8 Å². The molecule has 1 amide bonds. The van der Waals surface area contributed by atoms with Crippen LogP contribution in [0.25, 0.3) is 0 Å². The first-order valence-electron chi connectivity index (χ1n) is 6.35. The van der Waals surface area contributed by atoms with Crippen LogP contribution in [0.3, 0.4) is 0 Å². The van der Waals surface area contributed by atoms with E-state index in [0.29, 0.717) is 23.9 Å². The Morgan fingerprint density at radius 3 is 3.00 bits per heavy atom. The number of hydrogen-bond donors (Lipinski definition) is 4. The molecular formula is C13H16N2O4. The van der Waals surface area contributed by atoms with E-state index in [2.05, 4.69) is 10.6 Å². The largest absolute Gasteiger partial charge is 0.506 e. The predicted molar refractivity (Wildman–Crippen MR) is 68.2 cm³/mol. The number of amides is 1. The fraction of sp³-hybridized carbons (Fsp3) is 0.462. The van der Waals surface area contributed by atoms with Crippen molar-refractivity contribution in [2.45, 2.75) is 25.0 Å². The molecule has 6 heteroatoms. The van der Waals surface area contributed by atoms with Crippen molar-refractivity contribution in [3.05, 3.63) is 17.7 Å². The molecule has 1 unspecified atom stereocenters. The van der Waals surface area contributed by atoms with Crippen molar-refractivity contribution in [2.75, 3.05) is 18.5 Å². The van der Waals surface area contributed by atoms with Crippen molar-refractivity contribution >= 4 is 11.6 Å². The molecule has 0 saturated heterocycles. The van der Waals surface area contributed by atoms with Crippen LogP contribution in [-0.2, 0) is 4.79 Å². The molecular weight excluding hydrogens is 248 g/mol. The van der Waals surface area contributed by atoms with Crippen molar-refractivity contribution in [3.63, 3.8) is 0 Å². The molecule has 6 nitrogen and oxygen atoms in total. The van der Waals surface area contributed by atoms with Gasteiger partial charge in [0.15, 0.2) is 12.4 Å². The Kier molecular flexibility index (Phi) is 3.04. The fourth-order valence-corrected chi connectivity index (χ4v) is 2.12. The molecule has 1 aromatic carbocycles. The highest BCUT2D eigenvalue weighted by Crippen LogP contribution is 2.41. The summed E-state index contributed by atoms with van der Waals surface area (Å²) in [6, 6.07) is 3.57. The summed E-state index contributed by atoms with van der Waals surface area (Å²) in [6.07, 6.45) is 1.56. The molecule has 19 heavy (non-hydrogen) atoms. The Labute approximate surface area is 110 Å². The Hall–Kier alpha value is -1.79. The molecule has 102 valence electrons. The molecule has 4 N–H and O–H groups in total. The Morgan fingerprint density at radius 1 is 1.47 bits per heavy atom. The molecule has 1 fully saturated rings. The molecule has 1 aromatic rings. The van der Waals surface area contributed by atoms with Gasteiger partial charge in [-0.25, -0.2) is 0 Å². The number of aliphatic hydroxyl groups is 1. The molecule has 1 saturated carbocycles. The van der Waals surface area contributed by atoms with Crippen LogP contribution in [0.2, 0.25) is 0 Å². The lowest BCUT2D eigenvalue weighted by atomic mass is 10.1. The van der Waals surface area contributed by atoms with Crippen LogP contribution in [0.4, 0.5) is 5.69 Å². The van der Waals surface area contributed by atoms with Crippen LogP contribution in [0.1, 0.15) is 24.5 Å². The maximum Gasteiger partial charge on any atom is 0.262 e. The summed E-state index contributed by atoms with van der Waals surface area (Å²) in [5.74, 6) is -0.0237. The SMILES string of the molecule is O=C1COc2c(C(O)CNC3CC3)ccc(O)c2N1. The van der Waals surface area contributed by atoms with Crippen LogP contribution >= 0.6 is 0 Å². The van der Waals surface area contributed by atoms with Gasteiger partial charge >= 0.3 is 0 Å². The zero-order valence-electron chi connectivity index (χ0n) is 10.3. The van der Waals surface area contributed by atoms with E-state index in [1.165, 1.54) is 6.07 Å². The standard InChI is InChI=1S/C13H16N2O4/c16-9-4-3-8(10(17)5-14-7-1-2-7)13-12(9)15-11(18)6-19-13/h3-4,7,10,14,16-17H,1-2,5-6H2,(H,15,18). The van der Waals surface area contributed by atoms with Gasteiger partial charge in [0, 0.05) is 18.2 Å². The second-order valence-corrected chi connectivity index (χ2v) is 4.91. The van der Waals surface area contributed by atoms with Crippen molar-refractivity contribution in [1.82, 2.24) is 5.32 Å². The van der Waals surface area contributed by atoms with E-state index >= 15 is 0 Å². The van der Waals surface area contributed by atoms with E-state index < -0.39 is 6.10 Å². The predicted octanol–water partition coefficient (Wildman–Crippen LogP) is 0.508. The van der Waals surface area contributed by atoms with Gasteiger partial charge in [0.1, 0.15) is 11.4 Å². The number of ether oxygens (including phenoxy) is 1. The number of anilines is 1. The number of rotatable bonds is 4. The number of carbonyl (C=O) groups is 1. The number of phenols is 1. The lowest BCUT2D eigenvalue weighted by molar-refractivity contribution is -0.118. The summed E-state index contributed by atoms with van der Waals surface area (Å²) in [7, 11) is 0. The Balaban J connectivity index is 1.84. The van der Waals surface area contributed by atoms with E-state index in [4.69, 9.17) is 4.74 Å². The van der Waals surface area contributed by atoms with E-state index in [1.807, 2.05) is 0 Å². The molecule has 1 heterocycles. The molecule has 1 aliphatic heterocycles. The smallest absolute Gasteiger partial charge is 0.262 e. The third-order valence-electron chi connectivity index (χ3n) is 3.31. The second kappa shape index (κ2) is 4.71. The van der Waals surface area contributed by atoms with Crippen molar-refractivity contribution < 1.29 is 19.7 Å². The topological polar surface area (TPSA) is 90.8 Å². The first-order chi connectivity index (χ1) is 9.15. The van der Waals surface area contributed by atoms with Gasteiger partial charge < -0.3 is 25.6 Å². The van der Waals surface area contributed by atoms with Gasteiger partial charge in [0.2, 0.25) is 0 Å². The highest BCUT2D eigenvalue weighted by Gasteiger charge is 2.27. The minimum absolute atomic E-state index is 0.0610. The van der Waals surface area contributed by atoms with Gasteiger partial charge in [-0.1, -0.05) is 0 Å². The third-order valence-corrected chi connectivity index (χ3v) is 3.31. The van der Waals surface area contributed by atoms with Crippen LogP contribution in [0.5, 0.6) is 11.5 Å². The highest BCUT2D eigenvalue weighted by molar-refractivity contribution is 5.97. The molecule has 0 radical (unpaired) electrons. The number of benzene rings is 1. The average Bonchev–Trinajstić information content (AvgIpc) is 3.21. The van der Waals surface area contributed by atoms with Crippen LogP contribution < -0.4 is 15.4 Å². The van der Waals surface area contributed by atoms with Crippen LogP contribution in [0, 0.1) is 0 Å². The zero-order chi connectivity index (χ0) is 13.4. The number of nitrogens with one attached hydrogen (secondary N) is 2. The first-order valence-corrected chi connectivity index (χ1v) is 6.35. The van der Waals surface area contributed by atoms with Gasteiger partial charge in [-0.3, -0.25) is 4.79 Å². The van der Waals surface area contributed by atoms with Gasteiger partial charge in [-0.15, -0.1) is 0 Å². The van der Waals surface area contributed by atoms with Crippen molar-refractivity contribution in [3.8, 4) is 11.5 Å². The minimum atomic E-state index is -0.732. The zero-order valence-corrected chi connectivity index (χ0v) is 10.3. The maximum absolute atomic E-state index is 11.3. The lowest BCUT2D eigenvalue weighted by Crippen LogP contribution is -2.28. The molecule has 1 aliphatic carbocycles. The van der Waals surface area contributed by atoms with E-state index in [9.17, 15) is 15.0 Å². The van der Waals surface area contributed by atoms with Gasteiger partial charge in [-0.2, -0.15) is 0 Å². The van der Waals surface area contributed by atoms with Gasteiger partial charge in [-0.05, 0) is 25.0 Å². The number of fused-ring (bicyclic) bond motifs is 1.